The Labute approximate surface area is 428 Å². The van der Waals surface area contributed by atoms with E-state index in [1.165, 1.54) is 168 Å². The number of fused-ring (bicyclic) bond motifs is 31. The van der Waals surface area contributed by atoms with Gasteiger partial charge in [-0.15, -0.1) is 0 Å². The van der Waals surface area contributed by atoms with Crippen LogP contribution in [0.3, 0.4) is 0 Å². The lowest BCUT2D eigenvalue weighted by atomic mass is 9.34. The number of aromatic nitrogens is 3. The molecule has 0 fully saturated rings. The van der Waals surface area contributed by atoms with E-state index in [1.807, 2.05) is 12.3 Å². The molecule has 2 aliphatic rings. The van der Waals surface area contributed by atoms with E-state index >= 15 is 0 Å². The third-order valence-electron chi connectivity index (χ3n) is 17.8. The Morgan fingerprint density at radius 1 is 0.280 bits per heavy atom. The molecule has 0 N–H and O–H groups in total. The van der Waals surface area contributed by atoms with Crippen molar-refractivity contribution in [3.05, 3.63) is 231 Å². The van der Waals surface area contributed by atoms with Crippen molar-refractivity contribution in [2.24, 2.45) is 0 Å². The Hall–Kier alpha value is -9.77. The Morgan fingerprint density at radius 3 is 1.21 bits per heavy atom. The normalized spacial score (nSPS) is 13.0. The van der Waals surface area contributed by atoms with Gasteiger partial charge in [-0.05, 0) is 140 Å². The summed E-state index contributed by atoms with van der Waals surface area (Å²) in [4.78, 5) is 4.90. The maximum Gasteiger partial charge on any atom is 0.252 e. The lowest BCUT2D eigenvalue weighted by Gasteiger charge is -2.34. The Balaban J connectivity index is 1.09. The van der Waals surface area contributed by atoms with Crippen molar-refractivity contribution >= 4 is 164 Å². The van der Waals surface area contributed by atoms with Gasteiger partial charge in [-0.1, -0.05) is 182 Å². The molecule has 0 aliphatic carbocycles. The van der Waals surface area contributed by atoms with Gasteiger partial charge in [0, 0.05) is 60.8 Å². The zero-order chi connectivity index (χ0) is 48.4. The molecule has 340 valence electrons. The second-order valence-corrected chi connectivity index (χ2v) is 21.1. The summed E-state index contributed by atoms with van der Waals surface area (Å²) in [6, 6.07) is 85.2. The lowest BCUT2D eigenvalue weighted by Crippen LogP contribution is -2.59. The molecule has 2 aliphatic heterocycles. The Kier molecular flexibility index (Phi) is 7.06. The van der Waals surface area contributed by atoms with Crippen LogP contribution in [-0.4, -0.2) is 20.8 Å². The van der Waals surface area contributed by atoms with Gasteiger partial charge in [0.15, 0.2) is 0 Å². The van der Waals surface area contributed by atoms with Gasteiger partial charge in [-0.25, -0.2) is 0 Å². The standard InChI is InChI=1S/C71H38BN3/c1-4-22-46-40(16-1)43-19-7-10-25-49(43)63-52(46)32-34-60-67(63)68-65-51-27-12-9-21-45(51)42-18-3-6-24-48(42)54(65)38-57-71(68)75(60)62-30-15-29-61-69(62)72(57)56-37-53-47-23-5-2-17-41(47)44-20-8-11-26-50(44)64(53)66-55-36-39(58-28-13-14-35-73-58)31-33-59(55)74(61)70(56)66/h1-38H. The third kappa shape index (κ3) is 4.61. The highest BCUT2D eigenvalue weighted by Crippen LogP contribution is 2.51. The number of benzene rings is 14. The molecule has 0 bridgehead atoms. The minimum atomic E-state index is -0.0850. The first kappa shape index (κ1) is 38.9. The second kappa shape index (κ2) is 13.6. The van der Waals surface area contributed by atoms with Crippen molar-refractivity contribution in [1.29, 1.82) is 0 Å². The van der Waals surface area contributed by atoms with Gasteiger partial charge in [-0.3, -0.25) is 4.98 Å². The molecular formula is C71H38BN3. The number of rotatable bonds is 1. The minimum Gasteiger partial charge on any atom is -0.310 e. The van der Waals surface area contributed by atoms with Crippen molar-refractivity contribution in [1.82, 2.24) is 14.1 Å². The molecule has 4 heteroatoms. The maximum absolute atomic E-state index is 4.90. The van der Waals surface area contributed by atoms with Crippen LogP contribution in [-0.2, 0) is 0 Å². The SMILES string of the molecule is c1ccc(-c2ccc3c(c2)c2c4c5ccccc5c5ccccc5c4cc4c2n3-c2cccc3c2B4c2cc4c5ccccc5c5ccccc5c4c4c5c6c7ccccc7c7ccccc7c6ccc5n-3c24)nc1. The predicted molar refractivity (Wildman–Crippen MR) is 321 cm³/mol. The molecule has 75 heavy (non-hydrogen) atoms. The molecule has 3 nitrogen and oxygen atoms in total. The number of hydrogen-bond acceptors (Lipinski definition) is 1. The molecule has 0 unspecified atom stereocenters. The van der Waals surface area contributed by atoms with Gasteiger partial charge in [0.1, 0.15) is 0 Å². The quantitative estimate of drug-likeness (QED) is 0.119. The average Bonchev–Trinajstić information content (AvgIpc) is 4.05. The van der Waals surface area contributed by atoms with E-state index in [1.54, 1.807) is 0 Å². The Bertz CT molecular complexity index is 5510. The molecule has 0 saturated heterocycles. The number of hydrogen-bond donors (Lipinski definition) is 0. The van der Waals surface area contributed by atoms with Gasteiger partial charge in [0.2, 0.25) is 0 Å². The van der Waals surface area contributed by atoms with Crippen LogP contribution in [0.25, 0.3) is 163 Å². The van der Waals surface area contributed by atoms with E-state index in [4.69, 9.17) is 4.98 Å². The van der Waals surface area contributed by atoms with Crippen LogP contribution in [0.1, 0.15) is 0 Å². The first-order chi connectivity index (χ1) is 37.3. The first-order valence-corrected chi connectivity index (χ1v) is 26.2. The molecule has 0 saturated carbocycles. The fourth-order valence-corrected chi connectivity index (χ4v) is 15.1. The largest absolute Gasteiger partial charge is 0.310 e. The van der Waals surface area contributed by atoms with Gasteiger partial charge in [0.05, 0.1) is 27.8 Å². The van der Waals surface area contributed by atoms with Crippen LogP contribution in [0.4, 0.5) is 0 Å². The summed E-state index contributed by atoms with van der Waals surface area (Å²) < 4.78 is 5.31. The van der Waals surface area contributed by atoms with Gasteiger partial charge < -0.3 is 9.13 Å². The molecule has 19 rings (SSSR count). The highest BCUT2D eigenvalue weighted by Gasteiger charge is 2.42. The maximum atomic E-state index is 4.90. The predicted octanol–water partition coefficient (Wildman–Crippen LogP) is 16.5. The molecule has 5 heterocycles. The minimum absolute atomic E-state index is 0.0850. The fourth-order valence-electron chi connectivity index (χ4n) is 15.1. The lowest BCUT2D eigenvalue weighted by molar-refractivity contribution is 1.14. The number of nitrogens with zero attached hydrogens (tertiary/aromatic N) is 3. The van der Waals surface area contributed by atoms with Crippen LogP contribution in [0.5, 0.6) is 0 Å². The van der Waals surface area contributed by atoms with Gasteiger partial charge >= 0.3 is 0 Å². The van der Waals surface area contributed by atoms with Gasteiger partial charge in [0.25, 0.3) is 6.71 Å². The fraction of sp³-hybridized carbons (Fsp3) is 0. The van der Waals surface area contributed by atoms with Crippen molar-refractivity contribution in [3.8, 4) is 22.6 Å². The topological polar surface area (TPSA) is 22.8 Å². The zero-order valence-electron chi connectivity index (χ0n) is 40.4. The Morgan fingerprint density at radius 2 is 0.693 bits per heavy atom. The van der Waals surface area contributed by atoms with Crippen molar-refractivity contribution in [2.75, 3.05) is 0 Å². The van der Waals surface area contributed by atoms with Crippen molar-refractivity contribution in [2.45, 2.75) is 0 Å². The molecule has 17 aromatic rings. The molecule has 0 spiro atoms. The molecule has 3 aromatic heterocycles. The van der Waals surface area contributed by atoms with Crippen molar-refractivity contribution in [3.63, 3.8) is 0 Å². The number of pyridine rings is 1. The molecular weight excluding hydrogens is 906 g/mol. The summed E-state index contributed by atoms with van der Waals surface area (Å²) in [5.74, 6) is 0. The molecule has 14 aromatic carbocycles. The summed E-state index contributed by atoms with van der Waals surface area (Å²) in [6.45, 7) is -0.0850. The molecule has 0 atom stereocenters. The summed E-state index contributed by atoms with van der Waals surface area (Å²) >= 11 is 0. The second-order valence-electron chi connectivity index (χ2n) is 21.1. The van der Waals surface area contributed by atoms with Crippen LogP contribution in [0, 0.1) is 0 Å². The summed E-state index contributed by atoms with van der Waals surface area (Å²) in [7, 11) is 0. The van der Waals surface area contributed by atoms with Crippen LogP contribution >= 0.6 is 0 Å². The van der Waals surface area contributed by atoms with Crippen LogP contribution in [0.15, 0.2) is 231 Å². The summed E-state index contributed by atoms with van der Waals surface area (Å²) in [5, 5.41) is 28.4. The van der Waals surface area contributed by atoms with Gasteiger partial charge in [-0.2, -0.15) is 0 Å². The highest BCUT2D eigenvalue weighted by atomic mass is 15.0. The molecule has 0 radical (unpaired) electrons. The van der Waals surface area contributed by atoms with E-state index < -0.39 is 0 Å². The van der Waals surface area contributed by atoms with E-state index in [0.29, 0.717) is 0 Å². The highest BCUT2D eigenvalue weighted by molar-refractivity contribution is 7.01. The van der Waals surface area contributed by atoms with Crippen molar-refractivity contribution < 1.29 is 0 Å². The average molecular weight is 944 g/mol. The summed E-state index contributed by atoms with van der Waals surface area (Å²) in [5.41, 5.74) is 13.6. The third-order valence-corrected chi connectivity index (χ3v) is 17.8. The first-order valence-electron chi connectivity index (χ1n) is 26.2. The molecule has 0 amide bonds. The zero-order valence-corrected chi connectivity index (χ0v) is 40.4. The van der Waals surface area contributed by atoms with E-state index in [-0.39, 0.29) is 6.71 Å². The summed E-state index contributed by atoms with van der Waals surface area (Å²) in [6.07, 6.45) is 1.91. The van der Waals surface area contributed by atoms with E-state index in [2.05, 4.69) is 228 Å². The van der Waals surface area contributed by atoms with E-state index in [9.17, 15) is 0 Å². The smallest absolute Gasteiger partial charge is 0.252 e. The van der Waals surface area contributed by atoms with Crippen LogP contribution < -0.4 is 16.4 Å². The van der Waals surface area contributed by atoms with Crippen LogP contribution in [0.2, 0.25) is 0 Å². The monoisotopic (exact) mass is 943 g/mol. The van der Waals surface area contributed by atoms with E-state index in [0.717, 1.165) is 11.3 Å².